The first kappa shape index (κ1) is 27.7. The van der Waals surface area contributed by atoms with Crippen LogP contribution in [-0.2, 0) is 17.6 Å². The van der Waals surface area contributed by atoms with Crippen LogP contribution in [0, 0.1) is 0 Å². The molecule has 1 aliphatic rings. The van der Waals surface area contributed by atoms with Crippen molar-refractivity contribution in [2.24, 2.45) is 0 Å². The smallest absolute Gasteiger partial charge is 0.338 e. The molecule has 0 unspecified atom stereocenters. The first-order valence-electron chi connectivity index (χ1n) is 13.5. The second kappa shape index (κ2) is 13.4. The Kier molecular flexibility index (Phi) is 9.79. The molecule has 0 amide bonds. The monoisotopic (exact) mass is 517 g/mol. The van der Waals surface area contributed by atoms with Gasteiger partial charge in [-0.1, -0.05) is 48.5 Å². The molecule has 6 heteroatoms. The Hall–Kier alpha value is -3.35. The van der Waals surface area contributed by atoms with Gasteiger partial charge in [0, 0.05) is 18.6 Å². The topological polar surface area (TPSA) is 68.2 Å². The molecule has 0 heterocycles. The quantitative estimate of drug-likeness (QED) is 0.263. The molecule has 0 radical (unpaired) electrons. The van der Waals surface area contributed by atoms with E-state index in [-0.39, 0.29) is 24.7 Å². The Morgan fingerprint density at radius 2 is 1.79 bits per heavy atom. The summed E-state index contributed by atoms with van der Waals surface area (Å²) in [6.45, 7) is 5.02. The Bertz CT molecular complexity index is 1170. The van der Waals surface area contributed by atoms with E-state index in [1.807, 2.05) is 49.4 Å². The molecule has 3 aromatic rings. The normalized spacial score (nSPS) is 16.7. The molecule has 0 aromatic heterocycles. The molecular weight excluding hydrogens is 478 g/mol. The molecule has 4 rings (SSSR count). The summed E-state index contributed by atoms with van der Waals surface area (Å²) in [5.74, 6) is 1.15. The van der Waals surface area contributed by atoms with Gasteiger partial charge in [-0.3, -0.25) is 4.90 Å². The Morgan fingerprint density at radius 3 is 2.47 bits per heavy atom. The van der Waals surface area contributed by atoms with E-state index in [2.05, 4.69) is 36.1 Å². The number of carbonyl (C=O) groups excluding carboxylic acids is 1. The van der Waals surface area contributed by atoms with Crippen molar-refractivity contribution in [3.63, 3.8) is 0 Å². The number of benzene rings is 3. The maximum Gasteiger partial charge on any atom is 0.338 e. The van der Waals surface area contributed by atoms with E-state index >= 15 is 0 Å². The number of fused-ring (bicyclic) bond motifs is 1. The van der Waals surface area contributed by atoms with Crippen LogP contribution in [0.3, 0.4) is 0 Å². The van der Waals surface area contributed by atoms with E-state index in [9.17, 15) is 9.90 Å². The maximum atomic E-state index is 12.6. The highest BCUT2D eigenvalue weighted by atomic mass is 16.5. The van der Waals surface area contributed by atoms with Crippen molar-refractivity contribution in [2.45, 2.75) is 57.7 Å². The van der Waals surface area contributed by atoms with Gasteiger partial charge in [0.05, 0.1) is 19.3 Å². The van der Waals surface area contributed by atoms with Crippen LogP contribution in [-0.4, -0.2) is 55.0 Å². The van der Waals surface area contributed by atoms with Crippen molar-refractivity contribution in [2.75, 3.05) is 26.9 Å². The van der Waals surface area contributed by atoms with E-state index in [1.54, 1.807) is 13.2 Å². The van der Waals surface area contributed by atoms with Crippen LogP contribution in [0.4, 0.5) is 0 Å². The Balaban J connectivity index is 1.60. The molecule has 3 aromatic carbocycles. The van der Waals surface area contributed by atoms with Gasteiger partial charge < -0.3 is 19.3 Å². The van der Waals surface area contributed by atoms with Crippen molar-refractivity contribution in [1.82, 2.24) is 4.90 Å². The summed E-state index contributed by atoms with van der Waals surface area (Å²) in [7, 11) is 1.65. The lowest BCUT2D eigenvalue weighted by atomic mass is 9.95. The fourth-order valence-electron chi connectivity index (χ4n) is 5.39. The number of aliphatic hydroxyl groups is 1. The Labute approximate surface area is 226 Å². The molecular formula is C32H39NO5. The lowest BCUT2D eigenvalue weighted by molar-refractivity contribution is 0.0315. The molecule has 0 saturated heterocycles. The van der Waals surface area contributed by atoms with Crippen LogP contribution >= 0.6 is 0 Å². The molecule has 0 spiro atoms. The minimum Gasteiger partial charge on any atom is -0.496 e. The van der Waals surface area contributed by atoms with Crippen LogP contribution in [0.25, 0.3) is 0 Å². The lowest BCUT2D eigenvalue weighted by Gasteiger charge is -2.38. The summed E-state index contributed by atoms with van der Waals surface area (Å²) in [6, 6.07) is 24.0. The van der Waals surface area contributed by atoms with Gasteiger partial charge in [-0.15, -0.1) is 0 Å². The van der Waals surface area contributed by atoms with Crippen molar-refractivity contribution in [1.29, 1.82) is 0 Å². The number of esters is 1. The van der Waals surface area contributed by atoms with E-state index in [0.717, 1.165) is 48.3 Å². The van der Waals surface area contributed by atoms with Gasteiger partial charge in [-0.05, 0) is 80.5 Å². The van der Waals surface area contributed by atoms with Crippen molar-refractivity contribution in [3.05, 3.63) is 95.1 Å². The number of rotatable bonds is 11. The zero-order valence-corrected chi connectivity index (χ0v) is 22.6. The summed E-state index contributed by atoms with van der Waals surface area (Å²) in [5.41, 5.74) is 3.98. The van der Waals surface area contributed by atoms with E-state index in [1.165, 1.54) is 5.56 Å². The average molecular weight is 518 g/mol. The van der Waals surface area contributed by atoms with E-state index < -0.39 is 6.10 Å². The van der Waals surface area contributed by atoms with Gasteiger partial charge in [0.25, 0.3) is 0 Å². The standard InChI is InChI=1S/C32H39NO5/c1-4-37-32(35)26-18-25-19-27(14-11-17-30(25)31(20-26)36-3)33(23(2)24-12-7-5-8-13-24)21-28(34)22-38-29-15-9-6-10-16-29/h5-10,12-13,15-16,18,20,23,27-28,34H,4,11,14,17,19,21-22H2,1-3H3/t23-,27-,28+/m1/s1. The van der Waals surface area contributed by atoms with E-state index in [4.69, 9.17) is 14.2 Å². The number of para-hydroxylation sites is 1. The van der Waals surface area contributed by atoms with Crippen LogP contribution in [0.1, 0.15) is 59.8 Å². The second-order valence-electron chi connectivity index (χ2n) is 9.85. The molecule has 6 nitrogen and oxygen atoms in total. The van der Waals surface area contributed by atoms with Crippen molar-refractivity contribution >= 4 is 5.97 Å². The third-order valence-corrected chi connectivity index (χ3v) is 7.31. The Morgan fingerprint density at radius 1 is 1.08 bits per heavy atom. The number of methoxy groups -OCH3 is 1. The number of carbonyl (C=O) groups is 1. The first-order valence-corrected chi connectivity index (χ1v) is 13.5. The van der Waals surface area contributed by atoms with Gasteiger partial charge in [0.2, 0.25) is 0 Å². The van der Waals surface area contributed by atoms with Gasteiger partial charge in [0.1, 0.15) is 24.2 Å². The number of hydrogen-bond acceptors (Lipinski definition) is 6. The number of nitrogens with zero attached hydrogens (tertiary/aromatic N) is 1. The van der Waals surface area contributed by atoms with Crippen LogP contribution < -0.4 is 9.47 Å². The molecule has 3 atom stereocenters. The molecule has 1 aliphatic carbocycles. The van der Waals surface area contributed by atoms with Crippen LogP contribution in [0.5, 0.6) is 11.5 Å². The van der Waals surface area contributed by atoms with Crippen LogP contribution in [0.15, 0.2) is 72.8 Å². The van der Waals surface area contributed by atoms with Gasteiger partial charge in [0.15, 0.2) is 0 Å². The maximum absolute atomic E-state index is 12.6. The largest absolute Gasteiger partial charge is 0.496 e. The average Bonchev–Trinajstić information content (AvgIpc) is 3.17. The summed E-state index contributed by atoms with van der Waals surface area (Å²) >= 11 is 0. The minimum absolute atomic E-state index is 0.0873. The third-order valence-electron chi connectivity index (χ3n) is 7.31. The molecule has 1 N–H and O–H groups in total. The summed E-state index contributed by atoms with van der Waals surface area (Å²) < 4.78 is 16.9. The molecule has 38 heavy (non-hydrogen) atoms. The van der Waals surface area contributed by atoms with Crippen molar-refractivity contribution < 1.29 is 24.1 Å². The molecule has 202 valence electrons. The van der Waals surface area contributed by atoms with Gasteiger partial charge in [-0.2, -0.15) is 0 Å². The molecule has 0 saturated carbocycles. The second-order valence-corrected chi connectivity index (χ2v) is 9.85. The van der Waals surface area contributed by atoms with Gasteiger partial charge in [-0.25, -0.2) is 4.79 Å². The summed E-state index contributed by atoms with van der Waals surface area (Å²) in [5, 5.41) is 11.1. The zero-order chi connectivity index (χ0) is 26.9. The summed E-state index contributed by atoms with van der Waals surface area (Å²) in [4.78, 5) is 15.0. The fraction of sp³-hybridized carbons (Fsp3) is 0.406. The highest BCUT2D eigenvalue weighted by Crippen LogP contribution is 2.35. The summed E-state index contributed by atoms with van der Waals surface area (Å²) in [6.07, 6.45) is 2.93. The predicted molar refractivity (Wildman–Crippen MR) is 149 cm³/mol. The van der Waals surface area contributed by atoms with E-state index in [0.29, 0.717) is 18.7 Å². The lowest BCUT2D eigenvalue weighted by Crippen LogP contribution is -2.44. The van der Waals surface area contributed by atoms with Gasteiger partial charge >= 0.3 is 5.97 Å². The SMILES string of the molecule is CCOC(=O)c1cc2c(c(OC)c1)CCC[C@@H](N(C[C@H](O)COc1ccccc1)[C@H](C)c1ccccc1)C2. The number of aliphatic hydroxyl groups excluding tert-OH is 1. The van der Waals surface area contributed by atoms with Crippen LogP contribution in [0.2, 0.25) is 0 Å². The first-order chi connectivity index (χ1) is 18.5. The highest BCUT2D eigenvalue weighted by molar-refractivity contribution is 5.90. The van der Waals surface area contributed by atoms with Crippen molar-refractivity contribution in [3.8, 4) is 11.5 Å². The minimum atomic E-state index is -0.663. The predicted octanol–water partition coefficient (Wildman–Crippen LogP) is 5.62. The number of ether oxygens (including phenoxy) is 3. The number of hydrogen-bond donors (Lipinski definition) is 1. The third kappa shape index (κ3) is 6.94. The molecule has 0 aliphatic heterocycles. The molecule has 0 fully saturated rings. The highest BCUT2D eigenvalue weighted by Gasteiger charge is 2.30. The fourth-order valence-corrected chi connectivity index (χ4v) is 5.39. The zero-order valence-electron chi connectivity index (χ0n) is 22.6. The molecule has 0 bridgehead atoms.